The molecule has 10 nitrogen and oxygen atoms in total. The van der Waals surface area contributed by atoms with Crippen molar-refractivity contribution in [2.24, 2.45) is 5.92 Å². The molecule has 1 aliphatic carbocycles. The molecule has 1 atom stereocenters. The molecule has 1 saturated carbocycles. The van der Waals surface area contributed by atoms with Crippen LogP contribution in [-0.2, 0) is 16.1 Å². The van der Waals surface area contributed by atoms with Gasteiger partial charge in [0.15, 0.2) is 0 Å². The SMILES string of the molecule is O=C1CCC(N2C(=O)c3cccc(NCc4cnn(C5CCN(CC6CCCC6)CC5)c4)c3C2=O)C(=O)N1. The maximum absolute atomic E-state index is 13.3. The Kier molecular flexibility index (Phi) is 6.73. The molecule has 3 aliphatic heterocycles. The zero-order valence-corrected chi connectivity index (χ0v) is 21.5. The monoisotopic (exact) mass is 518 g/mol. The smallest absolute Gasteiger partial charge is 0.264 e. The molecule has 4 amide bonds. The van der Waals surface area contributed by atoms with Crippen molar-refractivity contribution in [2.75, 3.05) is 25.0 Å². The number of amides is 4. The van der Waals surface area contributed by atoms with E-state index in [1.54, 1.807) is 18.2 Å². The number of aromatic nitrogens is 2. The fourth-order valence-electron chi connectivity index (χ4n) is 6.45. The Morgan fingerprint density at radius 3 is 2.53 bits per heavy atom. The van der Waals surface area contributed by atoms with Gasteiger partial charge in [0.2, 0.25) is 11.8 Å². The minimum Gasteiger partial charge on any atom is -0.380 e. The third-order valence-electron chi connectivity index (χ3n) is 8.53. The van der Waals surface area contributed by atoms with E-state index in [1.807, 2.05) is 6.20 Å². The summed E-state index contributed by atoms with van der Waals surface area (Å²) in [5.41, 5.74) is 2.08. The Balaban J connectivity index is 1.08. The minimum absolute atomic E-state index is 0.0957. The number of imide groups is 2. The van der Waals surface area contributed by atoms with Gasteiger partial charge in [-0.2, -0.15) is 5.10 Å². The maximum atomic E-state index is 13.3. The molecule has 2 saturated heterocycles. The van der Waals surface area contributed by atoms with Crippen molar-refractivity contribution >= 4 is 29.3 Å². The number of fused-ring (bicyclic) bond motifs is 1. The number of anilines is 1. The molecule has 2 aromatic rings. The lowest BCUT2D eigenvalue weighted by atomic mass is 10.0. The van der Waals surface area contributed by atoms with Gasteiger partial charge in [0.05, 0.1) is 23.4 Å². The Morgan fingerprint density at radius 1 is 0.974 bits per heavy atom. The molecule has 0 radical (unpaired) electrons. The number of benzene rings is 1. The topological polar surface area (TPSA) is 117 Å². The van der Waals surface area contributed by atoms with Crippen LogP contribution in [0.5, 0.6) is 0 Å². The molecule has 0 spiro atoms. The summed E-state index contributed by atoms with van der Waals surface area (Å²) in [4.78, 5) is 53.8. The highest BCUT2D eigenvalue weighted by atomic mass is 16.2. The van der Waals surface area contributed by atoms with E-state index in [9.17, 15) is 19.2 Å². The van der Waals surface area contributed by atoms with Crippen LogP contribution in [0.2, 0.25) is 0 Å². The van der Waals surface area contributed by atoms with Crippen molar-refractivity contribution in [1.82, 2.24) is 24.9 Å². The van der Waals surface area contributed by atoms with Crippen LogP contribution in [0.1, 0.15) is 83.7 Å². The summed E-state index contributed by atoms with van der Waals surface area (Å²) in [5, 5.41) is 10.2. The van der Waals surface area contributed by atoms with E-state index < -0.39 is 23.8 Å². The number of rotatable bonds is 7. The minimum atomic E-state index is -0.976. The number of nitrogens with one attached hydrogen (secondary N) is 2. The molecule has 2 N–H and O–H groups in total. The number of likely N-dealkylation sites (tertiary alicyclic amines) is 1. The lowest BCUT2D eigenvalue weighted by molar-refractivity contribution is -0.136. The van der Waals surface area contributed by atoms with Gasteiger partial charge in [-0.3, -0.25) is 34.1 Å². The van der Waals surface area contributed by atoms with Gasteiger partial charge in [0, 0.05) is 50.0 Å². The van der Waals surface area contributed by atoms with E-state index in [-0.39, 0.29) is 29.9 Å². The predicted octanol–water partition coefficient (Wildman–Crippen LogP) is 2.72. The number of hydrogen-bond donors (Lipinski definition) is 2. The van der Waals surface area contributed by atoms with Gasteiger partial charge in [-0.05, 0) is 50.2 Å². The Bertz CT molecular complexity index is 1260. The second kappa shape index (κ2) is 10.3. The third-order valence-corrected chi connectivity index (χ3v) is 8.53. The largest absolute Gasteiger partial charge is 0.380 e. The number of nitrogens with zero attached hydrogens (tertiary/aromatic N) is 4. The van der Waals surface area contributed by atoms with Crippen LogP contribution < -0.4 is 10.6 Å². The molecule has 4 heterocycles. The standard InChI is InChI=1S/C28H34N6O4/c35-24-9-8-23(26(36)31-24)34-27(37)21-6-3-7-22(25(21)28(34)38)29-14-19-15-30-33(17-19)20-10-12-32(13-11-20)16-18-4-1-2-5-18/h3,6-7,15,17-18,20,23,29H,1-2,4-5,8-14,16H2,(H,31,35,36). The fourth-order valence-corrected chi connectivity index (χ4v) is 6.45. The van der Waals surface area contributed by atoms with Gasteiger partial charge in [-0.1, -0.05) is 18.9 Å². The summed E-state index contributed by atoms with van der Waals surface area (Å²) >= 11 is 0. The molecule has 1 aromatic carbocycles. The summed E-state index contributed by atoms with van der Waals surface area (Å²) in [7, 11) is 0. The first-order valence-electron chi connectivity index (χ1n) is 13.8. The predicted molar refractivity (Wildman–Crippen MR) is 139 cm³/mol. The molecule has 200 valence electrons. The van der Waals surface area contributed by atoms with Crippen molar-refractivity contribution in [2.45, 2.75) is 70.0 Å². The van der Waals surface area contributed by atoms with Crippen LogP contribution >= 0.6 is 0 Å². The van der Waals surface area contributed by atoms with E-state index >= 15 is 0 Å². The highest BCUT2D eigenvalue weighted by molar-refractivity contribution is 6.25. The van der Waals surface area contributed by atoms with E-state index in [4.69, 9.17) is 0 Å². The third kappa shape index (κ3) is 4.73. The Hall–Kier alpha value is -3.53. The van der Waals surface area contributed by atoms with Crippen LogP contribution in [0, 0.1) is 5.92 Å². The summed E-state index contributed by atoms with van der Waals surface area (Å²) in [6.07, 6.45) is 11.9. The fraction of sp³-hybridized carbons (Fsp3) is 0.536. The Morgan fingerprint density at radius 2 is 1.76 bits per heavy atom. The first-order chi connectivity index (χ1) is 18.5. The zero-order valence-electron chi connectivity index (χ0n) is 21.5. The van der Waals surface area contributed by atoms with Crippen LogP contribution in [-0.4, -0.2) is 68.9 Å². The molecule has 1 aromatic heterocycles. The van der Waals surface area contributed by atoms with Crippen LogP contribution in [0.4, 0.5) is 5.69 Å². The number of piperidine rings is 2. The van der Waals surface area contributed by atoms with Gasteiger partial charge in [0.25, 0.3) is 11.8 Å². The lowest BCUT2D eigenvalue weighted by Crippen LogP contribution is -2.54. The number of carbonyl (C=O) groups excluding carboxylic acids is 4. The summed E-state index contributed by atoms with van der Waals surface area (Å²) in [5.74, 6) is -1.13. The first-order valence-corrected chi connectivity index (χ1v) is 13.8. The second-order valence-electron chi connectivity index (χ2n) is 11.0. The van der Waals surface area contributed by atoms with E-state index in [2.05, 4.69) is 31.5 Å². The molecule has 4 aliphatic rings. The summed E-state index contributed by atoms with van der Waals surface area (Å²) < 4.78 is 2.07. The molecular weight excluding hydrogens is 484 g/mol. The van der Waals surface area contributed by atoms with Crippen LogP contribution in [0.3, 0.4) is 0 Å². The molecule has 0 bridgehead atoms. The van der Waals surface area contributed by atoms with E-state index in [1.165, 1.54) is 32.2 Å². The quantitative estimate of drug-likeness (QED) is 0.542. The van der Waals surface area contributed by atoms with Gasteiger partial charge in [-0.15, -0.1) is 0 Å². The number of hydrogen-bond acceptors (Lipinski definition) is 7. The average Bonchev–Trinajstić information content (AvgIpc) is 3.66. The Labute approximate surface area is 221 Å². The van der Waals surface area contributed by atoms with Crippen molar-refractivity contribution in [1.29, 1.82) is 0 Å². The normalized spacial score (nSPS) is 23.3. The average molecular weight is 519 g/mol. The van der Waals surface area contributed by atoms with Crippen molar-refractivity contribution in [3.8, 4) is 0 Å². The lowest BCUT2D eigenvalue weighted by Gasteiger charge is -2.33. The summed E-state index contributed by atoms with van der Waals surface area (Å²) in [6, 6.07) is 4.51. The molecule has 6 rings (SSSR count). The number of carbonyl (C=O) groups is 4. The highest BCUT2D eigenvalue weighted by Crippen LogP contribution is 2.33. The van der Waals surface area contributed by atoms with Gasteiger partial charge < -0.3 is 10.2 Å². The second-order valence-corrected chi connectivity index (χ2v) is 11.0. The molecular formula is C28H34N6O4. The zero-order chi connectivity index (χ0) is 26.2. The van der Waals surface area contributed by atoms with Crippen LogP contribution in [0.25, 0.3) is 0 Å². The molecule has 38 heavy (non-hydrogen) atoms. The van der Waals surface area contributed by atoms with Crippen molar-refractivity contribution < 1.29 is 19.2 Å². The maximum Gasteiger partial charge on any atom is 0.264 e. The first kappa shape index (κ1) is 24.8. The van der Waals surface area contributed by atoms with Crippen LogP contribution in [0.15, 0.2) is 30.6 Å². The summed E-state index contributed by atoms with van der Waals surface area (Å²) in [6.45, 7) is 3.93. The van der Waals surface area contributed by atoms with E-state index in [0.717, 1.165) is 42.3 Å². The van der Waals surface area contributed by atoms with E-state index in [0.29, 0.717) is 18.3 Å². The van der Waals surface area contributed by atoms with Gasteiger partial charge in [-0.25, -0.2) is 0 Å². The van der Waals surface area contributed by atoms with Crippen molar-refractivity contribution in [3.05, 3.63) is 47.3 Å². The molecule has 10 heteroatoms. The molecule has 3 fully saturated rings. The highest BCUT2D eigenvalue weighted by Gasteiger charge is 2.45. The van der Waals surface area contributed by atoms with Gasteiger partial charge in [0.1, 0.15) is 6.04 Å². The molecule has 1 unspecified atom stereocenters. The van der Waals surface area contributed by atoms with Gasteiger partial charge >= 0.3 is 0 Å². The van der Waals surface area contributed by atoms with Crippen molar-refractivity contribution in [3.63, 3.8) is 0 Å².